The number of rotatable bonds is 4. The van der Waals surface area contributed by atoms with Crippen molar-refractivity contribution < 1.29 is 9.59 Å². The Balaban J connectivity index is 0.00000312. The van der Waals surface area contributed by atoms with Gasteiger partial charge in [0.05, 0.1) is 17.7 Å². The van der Waals surface area contributed by atoms with E-state index in [0.717, 1.165) is 12.8 Å². The number of halogens is 1. The summed E-state index contributed by atoms with van der Waals surface area (Å²) in [5, 5.41) is 14.4. The molecule has 3 N–H and O–H groups in total. The van der Waals surface area contributed by atoms with Crippen LogP contribution in [0.15, 0.2) is 24.3 Å². The Hall–Kier alpha value is -2.30. The van der Waals surface area contributed by atoms with Gasteiger partial charge in [0.25, 0.3) is 5.91 Å². The molecule has 1 aromatic rings. The van der Waals surface area contributed by atoms with Crippen LogP contribution in [-0.2, 0) is 4.79 Å². The normalized spacial score (nSPS) is 15.8. The van der Waals surface area contributed by atoms with Gasteiger partial charge in [-0.1, -0.05) is 20.3 Å². The Labute approximate surface area is 154 Å². The minimum Gasteiger partial charge on any atom is -0.320 e. The quantitative estimate of drug-likeness (QED) is 0.854. The first-order valence-electron chi connectivity index (χ1n) is 8.13. The fourth-order valence-corrected chi connectivity index (χ4v) is 2.54. The molecule has 1 aliphatic rings. The highest BCUT2D eigenvalue weighted by Crippen LogP contribution is 2.18. The summed E-state index contributed by atoms with van der Waals surface area (Å²) in [5.74, 6) is -0.168. The van der Waals surface area contributed by atoms with E-state index in [1.165, 1.54) is 10.0 Å². The molecule has 136 valence electrons. The molecule has 25 heavy (non-hydrogen) atoms. The molecule has 8 heteroatoms. The molecule has 2 rings (SSSR count). The van der Waals surface area contributed by atoms with Crippen molar-refractivity contribution in [3.63, 3.8) is 0 Å². The van der Waals surface area contributed by atoms with Crippen molar-refractivity contribution in [1.29, 1.82) is 5.26 Å². The Morgan fingerprint density at radius 3 is 2.44 bits per heavy atom. The second kappa shape index (κ2) is 9.25. The number of hydrogen-bond donors (Lipinski definition) is 2. The van der Waals surface area contributed by atoms with Gasteiger partial charge in [-0.2, -0.15) is 5.26 Å². The van der Waals surface area contributed by atoms with Gasteiger partial charge in [-0.3, -0.25) is 4.79 Å². The number of carbonyl (C=O) groups is 2. The number of nitriles is 1. The molecular formula is C17H24ClN5O2. The standard InChI is InChI=1S/C17H23N5O2.ClH/c1-3-12(2)15(19)16(23)21-9-4-10-22(21)17(24)20-14-7-5-13(11-18)6-8-14;/h5-8,12,15H,3-4,9-10,19H2,1-2H3,(H,20,24);1H/t12?,15-;/m0./s1. The molecule has 1 heterocycles. The van der Waals surface area contributed by atoms with Crippen LogP contribution in [0.1, 0.15) is 32.3 Å². The Morgan fingerprint density at radius 2 is 1.88 bits per heavy atom. The lowest BCUT2D eigenvalue weighted by atomic mass is 9.99. The molecule has 7 nitrogen and oxygen atoms in total. The van der Waals surface area contributed by atoms with E-state index in [0.29, 0.717) is 24.3 Å². The molecule has 1 fully saturated rings. The number of urea groups is 1. The Bertz CT molecular complexity index is 643. The van der Waals surface area contributed by atoms with E-state index in [1.807, 2.05) is 19.9 Å². The smallest absolute Gasteiger partial charge is 0.320 e. The zero-order valence-corrected chi connectivity index (χ0v) is 15.3. The molecule has 1 saturated heterocycles. The van der Waals surface area contributed by atoms with Crippen LogP contribution in [0.5, 0.6) is 0 Å². The van der Waals surface area contributed by atoms with Gasteiger partial charge in [0, 0.05) is 18.8 Å². The Morgan fingerprint density at radius 1 is 1.28 bits per heavy atom. The molecular weight excluding hydrogens is 342 g/mol. The number of amides is 3. The molecule has 0 saturated carbocycles. The third-order valence-corrected chi connectivity index (χ3v) is 4.33. The highest BCUT2D eigenvalue weighted by molar-refractivity contribution is 5.92. The minimum absolute atomic E-state index is 0. The number of nitrogens with zero attached hydrogens (tertiary/aromatic N) is 3. The monoisotopic (exact) mass is 365 g/mol. The average Bonchev–Trinajstić information content (AvgIpc) is 3.10. The first-order valence-corrected chi connectivity index (χ1v) is 8.13. The zero-order valence-electron chi connectivity index (χ0n) is 14.4. The third-order valence-electron chi connectivity index (χ3n) is 4.33. The van der Waals surface area contributed by atoms with Gasteiger partial charge < -0.3 is 11.1 Å². The molecule has 0 aliphatic carbocycles. The van der Waals surface area contributed by atoms with Crippen LogP contribution < -0.4 is 11.1 Å². The van der Waals surface area contributed by atoms with E-state index in [9.17, 15) is 9.59 Å². The van der Waals surface area contributed by atoms with E-state index in [4.69, 9.17) is 11.0 Å². The van der Waals surface area contributed by atoms with Gasteiger partial charge in [-0.15, -0.1) is 12.4 Å². The lowest BCUT2D eigenvalue weighted by molar-refractivity contribution is -0.142. The largest absolute Gasteiger partial charge is 0.340 e. The summed E-state index contributed by atoms with van der Waals surface area (Å²) < 4.78 is 0. The fraction of sp³-hybridized carbons (Fsp3) is 0.471. The van der Waals surface area contributed by atoms with Gasteiger partial charge in [-0.05, 0) is 36.6 Å². The van der Waals surface area contributed by atoms with Gasteiger partial charge >= 0.3 is 6.03 Å². The number of nitrogens with one attached hydrogen (secondary N) is 1. The van der Waals surface area contributed by atoms with Crippen molar-refractivity contribution in [2.75, 3.05) is 18.4 Å². The number of carbonyl (C=O) groups excluding carboxylic acids is 2. The van der Waals surface area contributed by atoms with Crippen molar-refractivity contribution in [2.45, 2.75) is 32.7 Å². The van der Waals surface area contributed by atoms with Crippen LogP contribution in [-0.4, -0.2) is 41.1 Å². The highest BCUT2D eigenvalue weighted by Gasteiger charge is 2.34. The average molecular weight is 366 g/mol. The maximum atomic E-state index is 12.5. The summed E-state index contributed by atoms with van der Waals surface area (Å²) in [6, 6.07) is 7.60. The van der Waals surface area contributed by atoms with Crippen molar-refractivity contribution in [3.8, 4) is 6.07 Å². The SMILES string of the molecule is CCC(C)[C@H](N)C(=O)N1CCCN1C(=O)Nc1ccc(C#N)cc1.Cl. The summed E-state index contributed by atoms with van der Waals surface area (Å²) in [4.78, 5) is 25.0. The second-order valence-electron chi connectivity index (χ2n) is 5.97. The minimum atomic E-state index is -0.613. The number of nitrogens with two attached hydrogens (primary N) is 1. The van der Waals surface area contributed by atoms with Gasteiger partial charge in [0.1, 0.15) is 0 Å². The maximum Gasteiger partial charge on any atom is 0.340 e. The molecule has 0 aromatic heterocycles. The van der Waals surface area contributed by atoms with Crippen LogP contribution in [0.2, 0.25) is 0 Å². The highest BCUT2D eigenvalue weighted by atomic mass is 35.5. The first kappa shape index (κ1) is 20.7. The maximum absolute atomic E-state index is 12.5. The van der Waals surface area contributed by atoms with E-state index in [2.05, 4.69) is 5.32 Å². The number of anilines is 1. The molecule has 1 aromatic carbocycles. The van der Waals surface area contributed by atoms with Crippen LogP contribution >= 0.6 is 12.4 Å². The molecule has 0 spiro atoms. The molecule has 0 bridgehead atoms. The molecule has 3 amide bonds. The molecule has 0 radical (unpaired) electrons. The van der Waals surface area contributed by atoms with Gasteiger partial charge in [-0.25, -0.2) is 14.8 Å². The number of benzene rings is 1. The summed E-state index contributed by atoms with van der Waals surface area (Å²) >= 11 is 0. The summed E-state index contributed by atoms with van der Waals surface area (Å²) in [7, 11) is 0. The lowest BCUT2D eigenvalue weighted by Crippen LogP contribution is -2.53. The first-order chi connectivity index (χ1) is 11.5. The lowest BCUT2D eigenvalue weighted by Gasteiger charge is -2.31. The third kappa shape index (κ3) is 4.84. The number of hydrogen-bond acceptors (Lipinski definition) is 4. The topological polar surface area (TPSA) is 102 Å². The molecule has 1 aliphatic heterocycles. The van der Waals surface area contributed by atoms with E-state index in [1.54, 1.807) is 24.3 Å². The summed E-state index contributed by atoms with van der Waals surface area (Å²) in [5.41, 5.74) is 7.11. The molecule has 1 unspecified atom stereocenters. The van der Waals surface area contributed by atoms with E-state index < -0.39 is 6.04 Å². The summed E-state index contributed by atoms with van der Waals surface area (Å²) in [6.45, 7) is 4.88. The summed E-state index contributed by atoms with van der Waals surface area (Å²) in [6.07, 6.45) is 1.53. The van der Waals surface area contributed by atoms with Crippen molar-refractivity contribution in [2.24, 2.45) is 11.7 Å². The van der Waals surface area contributed by atoms with Crippen LogP contribution in [0.25, 0.3) is 0 Å². The van der Waals surface area contributed by atoms with Crippen molar-refractivity contribution in [3.05, 3.63) is 29.8 Å². The Kier molecular flexibility index (Phi) is 7.68. The molecule has 2 atom stereocenters. The van der Waals surface area contributed by atoms with Gasteiger partial charge in [0.15, 0.2) is 0 Å². The fourth-order valence-electron chi connectivity index (χ4n) is 2.54. The predicted molar refractivity (Wildman–Crippen MR) is 97.9 cm³/mol. The van der Waals surface area contributed by atoms with Gasteiger partial charge in [0.2, 0.25) is 0 Å². The van der Waals surface area contributed by atoms with Crippen molar-refractivity contribution >= 4 is 30.0 Å². The van der Waals surface area contributed by atoms with E-state index >= 15 is 0 Å². The number of hydrazine groups is 1. The zero-order chi connectivity index (χ0) is 17.7. The predicted octanol–water partition coefficient (Wildman–Crippen LogP) is 2.33. The van der Waals surface area contributed by atoms with Crippen molar-refractivity contribution in [1.82, 2.24) is 10.0 Å². The van der Waals surface area contributed by atoms with Crippen LogP contribution in [0, 0.1) is 17.2 Å². The van der Waals surface area contributed by atoms with Crippen LogP contribution in [0.3, 0.4) is 0 Å². The van der Waals surface area contributed by atoms with E-state index in [-0.39, 0.29) is 30.3 Å². The second-order valence-corrected chi connectivity index (χ2v) is 5.97. The van der Waals surface area contributed by atoms with Crippen LogP contribution in [0.4, 0.5) is 10.5 Å².